The van der Waals surface area contributed by atoms with E-state index in [9.17, 15) is 17.2 Å². The summed E-state index contributed by atoms with van der Waals surface area (Å²) in [5.74, 6) is -0.818. The first-order valence-electron chi connectivity index (χ1n) is 11.1. The van der Waals surface area contributed by atoms with Gasteiger partial charge in [-0.25, -0.2) is 8.78 Å². The number of aryl methyl sites for hydroxylation is 2. The van der Waals surface area contributed by atoms with Crippen molar-refractivity contribution in [1.82, 2.24) is 9.44 Å². The van der Waals surface area contributed by atoms with Gasteiger partial charge in [0, 0.05) is 0 Å². The molecular formula is C28H26F2N2O2S. The molecule has 0 aliphatic carbocycles. The van der Waals surface area contributed by atoms with Crippen molar-refractivity contribution in [2.24, 2.45) is 0 Å². The third-order valence-corrected chi connectivity index (χ3v) is 6.80. The summed E-state index contributed by atoms with van der Waals surface area (Å²) >= 11 is 0. The summed E-state index contributed by atoms with van der Waals surface area (Å²) in [6, 6.07) is 24.9. The number of hydrogen-bond donors (Lipinski definition) is 2. The molecule has 4 nitrogen and oxygen atoms in total. The normalized spacial score (nSPS) is 13.4. The topological polar surface area (TPSA) is 58.2 Å². The average Bonchev–Trinajstić information content (AvgIpc) is 2.82. The van der Waals surface area contributed by atoms with Crippen LogP contribution in [0.25, 0.3) is 0 Å². The van der Waals surface area contributed by atoms with E-state index in [2.05, 4.69) is 9.44 Å². The van der Waals surface area contributed by atoms with Gasteiger partial charge in [0.15, 0.2) is 0 Å². The van der Waals surface area contributed by atoms with Gasteiger partial charge in [-0.3, -0.25) is 0 Å². The minimum atomic E-state index is -4.11. The number of nitrogens with one attached hydrogen (secondary N) is 2. The van der Waals surface area contributed by atoms with Crippen LogP contribution in [-0.4, -0.2) is 8.42 Å². The summed E-state index contributed by atoms with van der Waals surface area (Å²) in [5.41, 5.74) is 4.55. The van der Waals surface area contributed by atoms with E-state index >= 15 is 0 Å². The molecule has 180 valence electrons. The van der Waals surface area contributed by atoms with E-state index in [1.807, 2.05) is 62.4 Å². The lowest BCUT2D eigenvalue weighted by atomic mass is 9.98. The van der Waals surface area contributed by atoms with Crippen LogP contribution >= 0.6 is 0 Å². The second-order valence-electron chi connectivity index (χ2n) is 8.54. The molecule has 2 atom stereocenters. The van der Waals surface area contributed by atoms with Gasteiger partial charge < -0.3 is 0 Å². The van der Waals surface area contributed by atoms with Crippen LogP contribution in [0.15, 0.2) is 97.1 Å². The number of benzene rings is 4. The van der Waals surface area contributed by atoms with Crippen LogP contribution in [0, 0.1) is 25.5 Å². The third-order valence-electron chi connectivity index (χ3n) is 5.70. The van der Waals surface area contributed by atoms with Crippen molar-refractivity contribution < 1.29 is 17.2 Å². The minimum absolute atomic E-state index is 0.409. The molecule has 4 rings (SSSR count). The molecular weight excluding hydrogens is 466 g/mol. The van der Waals surface area contributed by atoms with Crippen molar-refractivity contribution in [2.45, 2.75) is 25.9 Å². The third kappa shape index (κ3) is 6.39. The molecule has 0 saturated heterocycles. The molecule has 4 aromatic carbocycles. The Bertz CT molecular complexity index is 1300. The van der Waals surface area contributed by atoms with Crippen LogP contribution in [0.1, 0.15) is 45.5 Å². The van der Waals surface area contributed by atoms with Gasteiger partial charge in [0.1, 0.15) is 11.6 Å². The minimum Gasteiger partial charge on any atom is -0.207 e. The van der Waals surface area contributed by atoms with Crippen molar-refractivity contribution in [3.8, 4) is 0 Å². The molecule has 2 N–H and O–H groups in total. The Balaban J connectivity index is 1.71. The Hall–Kier alpha value is -3.39. The van der Waals surface area contributed by atoms with Crippen molar-refractivity contribution in [1.29, 1.82) is 0 Å². The van der Waals surface area contributed by atoms with Crippen LogP contribution in [0.4, 0.5) is 8.78 Å². The van der Waals surface area contributed by atoms with Gasteiger partial charge in [-0.2, -0.15) is 17.9 Å². The zero-order valence-electron chi connectivity index (χ0n) is 19.4. The molecule has 0 amide bonds. The second kappa shape index (κ2) is 10.5. The number of hydrogen-bond acceptors (Lipinski definition) is 2. The van der Waals surface area contributed by atoms with Gasteiger partial charge in [-0.15, -0.1) is 0 Å². The molecule has 0 saturated carbocycles. The standard InChI is InChI=1S/C28H26F2N2O2S/c1-19-5-3-7-23(17-19)27(21-9-13-25(29)14-10-21)31-35(33,34)32-28(22-11-15-26(30)16-12-22)24-8-4-6-20(2)18-24/h3-18,27-28,31-32H,1-2H3/t27-,28-/m1/s1. The van der Waals surface area contributed by atoms with Crippen LogP contribution in [0.5, 0.6) is 0 Å². The number of rotatable bonds is 8. The van der Waals surface area contributed by atoms with E-state index in [-0.39, 0.29) is 0 Å². The molecule has 0 spiro atoms. The quantitative estimate of drug-likeness (QED) is 0.323. The second-order valence-corrected chi connectivity index (χ2v) is 10.0. The summed E-state index contributed by atoms with van der Waals surface area (Å²) < 4.78 is 59.6. The van der Waals surface area contributed by atoms with Gasteiger partial charge in [0.05, 0.1) is 12.1 Å². The molecule has 0 radical (unpaired) electrons. The summed E-state index contributed by atoms with van der Waals surface area (Å²) in [6.07, 6.45) is 0. The maximum absolute atomic E-state index is 13.6. The first kappa shape index (κ1) is 24.7. The fraction of sp³-hybridized carbons (Fsp3) is 0.143. The molecule has 0 aliphatic heterocycles. The summed E-state index contributed by atoms with van der Waals surface area (Å²) in [6.45, 7) is 3.83. The molecule has 0 heterocycles. The molecule has 0 fully saturated rings. The van der Waals surface area contributed by atoms with Crippen molar-refractivity contribution in [2.75, 3.05) is 0 Å². The van der Waals surface area contributed by atoms with E-state index in [0.717, 1.165) is 22.3 Å². The first-order chi connectivity index (χ1) is 16.7. The SMILES string of the molecule is Cc1cccc([C@H](NS(=O)(=O)N[C@H](c2ccc(F)cc2)c2cccc(C)c2)c2ccc(F)cc2)c1. The highest BCUT2D eigenvalue weighted by molar-refractivity contribution is 7.87. The Morgan fingerprint density at radius 1 is 0.571 bits per heavy atom. The van der Waals surface area contributed by atoms with Gasteiger partial charge in [-0.05, 0) is 60.4 Å². The van der Waals surface area contributed by atoms with E-state index < -0.39 is 33.9 Å². The van der Waals surface area contributed by atoms with Gasteiger partial charge >= 0.3 is 0 Å². The van der Waals surface area contributed by atoms with E-state index in [4.69, 9.17) is 0 Å². The zero-order chi connectivity index (χ0) is 25.0. The molecule has 7 heteroatoms. The highest BCUT2D eigenvalue weighted by Gasteiger charge is 2.26. The monoisotopic (exact) mass is 492 g/mol. The summed E-state index contributed by atoms with van der Waals surface area (Å²) in [7, 11) is -4.11. The zero-order valence-corrected chi connectivity index (χ0v) is 20.2. The summed E-state index contributed by atoms with van der Waals surface area (Å²) in [5, 5.41) is 0. The van der Waals surface area contributed by atoms with Crippen molar-refractivity contribution in [3.63, 3.8) is 0 Å². The maximum Gasteiger partial charge on any atom is 0.278 e. The predicted molar refractivity (Wildman–Crippen MR) is 134 cm³/mol. The largest absolute Gasteiger partial charge is 0.278 e. The Kier molecular flexibility index (Phi) is 7.40. The average molecular weight is 493 g/mol. The summed E-state index contributed by atoms with van der Waals surface area (Å²) in [4.78, 5) is 0. The Morgan fingerprint density at radius 2 is 0.943 bits per heavy atom. The fourth-order valence-electron chi connectivity index (χ4n) is 4.01. The van der Waals surface area contributed by atoms with Gasteiger partial charge in [-0.1, -0.05) is 83.9 Å². The predicted octanol–water partition coefficient (Wildman–Crippen LogP) is 5.88. The van der Waals surface area contributed by atoms with Crippen LogP contribution in [0.2, 0.25) is 0 Å². The highest BCUT2D eigenvalue weighted by Crippen LogP contribution is 2.27. The van der Waals surface area contributed by atoms with E-state index in [1.165, 1.54) is 24.3 Å². The van der Waals surface area contributed by atoms with Crippen molar-refractivity contribution >= 4 is 10.2 Å². The van der Waals surface area contributed by atoms with E-state index in [1.54, 1.807) is 24.3 Å². The number of halogens is 2. The molecule has 0 aromatic heterocycles. The van der Waals surface area contributed by atoms with Crippen LogP contribution in [0.3, 0.4) is 0 Å². The highest BCUT2D eigenvalue weighted by atomic mass is 32.2. The molecule has 0 unspecified atom stereocenters. The van der Waals surface area contributed by atoms with Gasteiger partial charge in [0.25, 0.3) is 10.2 Å². The van der Waals surface area contributed by atoms with E-state index in [0.29, 0.717) is 11.1 Å². The Labute approximate surface area is 204 Å². The fourth-order valence-corrected chi connectivity index (χ4v) is 5.24. The van der Waals surface area contributed by atoms with Crippen LogP contribution in [-0.2, 0) is 10.2 Å². The van der Waals surface area contributed by atoms with Crippen LogP contribution < -0.4 is 9.44 Å². The maximum atomic E-state index is 13.6. The molecule has 0 aliphatic rings. The molecule has 4 aromatic rings. The smallest absolute Gasteiger partial charge is 0.207 e. The van der Waals surface area contributed by atoms with Crippen molar-refractivity contribution in [3.05, 3.63) is 142 Å². The lowest BCUT2D eigenvalue weighted by molar-refractivity contribution is 0.547. The lowest BCUT2D eigenvalue weighted by Gasteiger charge is -2.24. The van der Waals surface area contributed by atoms with Gasteiger partial charge in [0.2, 0.25) is 0 Å². The first-order valence-corrected chi connectivity index (χ1v) is 12.6. The Morgan fingerprint density at radius 3 is 1.29 bits per heavy atom. The lowest BCUT2D eigenvalue weighted by Crippen LogP contribution is -2.41. The molecule has 0 bridgehead atoms. The molecule has 35 heavy (non-hydrogen) atoms.